The zero-order valence-corrected chi connectivity index (χ0v) is 16.0. The summed E-state index contributed by atoms with van der Waals surface area (Å²) in [5.41, 5.74) is 0.954. The molecule has 0 saturated heterocycles. The van der Waals surface area contributed by atoms with Gasteiger partial charge in [-0.15, -0.1) is 11.8 Å². The smallest absolute Gasteiger partial charge is 0.276 e. The number of carbonyl (C=O) groups excluding carboxylic acids is 1. The van der Waals surface area contributed by atoms with E-state index < -0.39 is 0 Å². The Bertz CT molecular complexity index is 426. The standard InChI is InChI=1S/C17H32N4OS/c1-6-13(11-12-18-2)20-17(23-5)16(22)19-14-7-9-15(10-8-14)21(3)4/h6,14-15,18H,7-12H2,1-5H3,(H,19,22)/b13-6+,20-17?. The van der Waals surface area contributed by atoms with Crippen molar-refractivity contribution in [2.75, 3.05) is 33.9 Å². The van der Waals surface area contributed by atoms with Crippen LogP contribution in [0.15, 0.2) is 16.8 Å². The molecule has 1 aliphatic rings. The third-order valence-corrected chi connectivity index (χ3v) is 5.02. The third kappa shape index (κ3) is 7.06. The van der Waals surface area contributed by atoms with Crippen LogP contribution in [0.1, 0.15) is 39.0 Å². The van der Waals surface area contributed by atoms with E-state index >= 15 is 0 Å². The van der Waals surface area contributed by atoms with Crippen LogP contribution in [0.25, 0.3) is 0 Å². The molecule has 1 saturated carbocycles. The first-order valence-electron chi connectivity index (χ1n) is 8.41. The van der Waals surface area contributed by atoms with Gasteiger partial charge in [0.15, 0.2) is 5.04 Å². The Morgan fingerprint density at radius 1 is 1.30 bits per heavy atom. The lowest BCUT2D eigenvalue weighted by Crippen LogP contribution is -2.43. The van der Waals surface area contributed by atoms with E-state index in [1.807, 2.05) is 26.3 Å². The highest BCUT2D eigenvalue weighted by Crippen LogP contribution is 2.21. The van der Waals surface area contributed by atoms with Gasteiger partial charge >= 0.3 is 0 Å². The van der Waals surface area contributed by atoms with E-state index in [0.717, 1.165) is 44.3 Å². The van der Waals surface area contributed by atoms with Crippen LogP contribution in [0.2, 0.25) is 0 Å². The molecule has 0 bridgehead atoms. The lowest BCUT2D eigenvalue weighted by atomic mass is 9.90. The van der Waals surface area contributed by atoms with Crippen molar-refractivity contribution < 1.29 is 4.79 Å². The molecule has 1 rings (SSSR count). The second-order valence-electron chi connectivity index (χ2n) is 6.20. The molecule has 0 heterocycles. The van der Waals surface area contributed by atoms with Crippen LogP contribution in [0, 0.1) is 0 Å². The Kier molecular flexibility index (Phi) is 9.52. The number of thioether (sulfide) groups is 1. The molecule has 0 aromatic carbocycles. The first kappa shape index (κ1) is 20.2. The van der Waals surface area contributed by atoms with Crippen molar-refractivity contribution in [3.63, 3.8) is 0 Å². The molecule has 132 valence electrons. The molecule has 0 aliphatic heterocycles. The van der Waals surface area contributed by atoms with Gasteiger partial charge in [0.25, 0.3) is 5.91 Å². The Labute approximate surface area is 145 Å². The van der Waals surface area contributed by atoms with Crippen molar-refractivity contribution in [1.29, 1.82) is 0 Å². The fourth-order valence-electron chi connectivity index (χ4n) is 2.82. The molecule has 23 heavy (non-hydrogen) atoms. The third-order valence-electron chi connectivity index (χ3n) is 4.36. The second-order valence-corrected chi connectivity index (χ2v) is 6.99. The molecule has 0 radical (unpaired) electrons. The van der Waals surface area contributed by atoms with Crippen LogP contribution >= 0.6 is 11.8 Å². The zero-order chi connectivity index (χ0) is 17.2. The van der Waals surface area contributed by atoms with Gasteiger partial charge in [-0.25, -0.2) is 4.99 Å². The molecule has 6 heteroatoms. The Hall–Kier alpha value is -0.850. The molecular weight excluding hydrogens is 308 g/mol. The van der Waals surface area contributed by atoms with E-state index in [9.17, 15) is 4.79 Å². The van der Waals surface area contributed by atoms with Crippen molar-refractivity contribution >= 4 is 22.7 Å². The van der Waals surface area contributed by atoms with Crippen LogP contribution < -0.4 is 10.6 Å². The predicted octanol–water partition coefficient (Wildman–Crippen LogP) is 2.25. The maximum Gasteiger partial charge on any atom is 0.276 e. The SMILES string of the molecule is C/C=C(\CCNC)N=C(SC)C(=O)NC1CCC(N(C)C)CC1. The van der Waals surface area contributed by atoms with Gasteiger partial charge in [-0.1, -0.05) is 6.08 Å². The zero-order valence-electron chi connectivity index (χ0n) is 15.2. The van der Waals surface area contributed by atoms with Crippen molar-refractivity contribution in [2.24, 2.45) is 4.99 Å². The van der Waals surface area contributed by atoms with Gasteiger partial charge in [-0.05, 0) is 60.0 Å². The topological polar surface area (TPSA) is 56.7 Å². The highest BCUT2D eigenvalue weighted by atomic mass is 32.2. The molecule has 0 unspecified atom stereocenters. The van der Waals surface area contributed by atoms with E-state index in [4.69, 9.17) is 0 Å². The highest BCUT2D eigenvalue weighted by molar-refractivity contribution is 8.15. The summed E-state index contributed by atoms with van der Waals surface area (Å²) in [5, 5.41) is 6.83. The van der Waals surface area contributed by atoms with Gasteiger partial charge in [-0.3, -0.25) is 4.79 Å². The van der Waals surface area contributed by atoms with Gasteiger partial charge in [0.2, 0.25) is 0 Å². The van der Waals surface area contributed by atoms with Crippen molar-refractivity contribution in [3.8, 4) is 0 Å². The number of hydrogen-bond donors (Lipinski definition) is 2. The molecule has 0 aromatic rings. The monoisotopic (exact) mass is 340 g/mol. The normalized spacial score (nSPS) is 23.2. The largest absolute Gasteiger partial charge is 0.348 e. The number of carbonyl (C=O) groups is 1. The fraction of sp³-hybridized carbons (Fsp3) is 0.765. The molecule has 1 aliphatic carbocycles. The minimum Gasteiger partial charge on any atom is -0.348 e. The van der Waals surface area contributed by atoms with E-state index in [0.29, 0.717) is 11.1 Å². The molecular formula is C17H32N4OS. The second kappa shape index (κ2) is 10.8. The van der Waals surface area contributed by atoms with Crippen LogP contribution in [-0.4, -0.2) is 61.9 Å². The van der Waals surface area contributed by atoms with Gasteiger partial charge in [-0.2, -0.15) is 0 Å². The van der Waals surface area contributed by atoms with Crippen LogP contribution in [0.5, 0.6) is 0 Å². The Morgan fingerprint density at radius 2 is 1.96 bits per heavy atom. The maximum absolute atomic E-state index is 12.5. The summed E-state index contributed by atoms with van der Waals surface area (Å²) >= 11 is 1.42. The molecule has 0 spiro atoms. The summed E-state index contributed by atoms with van der Waals surface area (Å²) in [6.45, 7) is 2.83. The van der Waals surface area contributed by atoms with Crippen LogP contribution in [-0.2, 0) is 4.79 Å². The quantitative estimate of drug-likeness (QED) is 0.575. The minimum absolute atomic E-state index is 0.0328. The van der Waals surface area contributed by atoms with Crippen molar-refractivity contribution in [2.45, 2.75) is 51.1 Å². The number of nitrogens with one attached hydrogen (secondary N) is 2. The molecule has 2 N–H and O–H groups in total. The minimum atomic E-state index is -0.0328. The van der Waals surface area contributed by atoms with E-state index in [1.165, 1.54) is 11.8 Å². The molecule has 5 nitrogen and oxygen atoms in total. The van der Waals surface area contributed by atoms with E-state index in [-0.39, 0.29) is 11.9 Å². The summed E-state index contributed by atoms with van der Waals surface area (Å²) in [6, 6.07) is 0.926. The number of hydrogen-bond acceptors (Lipinski definition) is 5. The fourth-order valence-corrected chi connectivity index (χ4v) is 3.27. The summed E-state index contributed by atoms with van der Waals surface area (Å²) in [4.78, 5) is 19.3. The van der Waals surface area contributed by atoms with Crippen LogP contribution in [0.3, 0.4) is 0 Å². The maximum atomic E-state index is 12.5. The summed E-state index contributed by atoms with van der Waals surface area (Å²) in [5.74, 6) is -0.0328. The number of rotatable bonds is 6. The Morgan fingerprint density at radius 3 is 2.43 bits per heavy atom. The first-order chi connectivity index (χ1) is 11.0. The molecule has 1 fully saturated rings. The lowest BCUT2D eigenvalue weighted by Gasteiger charge is -2.32. The van der Waals surface area contributed by atoms with Crippen molar-refractivity contribution in [1.82, 2.24) is 15.5 Å². The predicted molar refractivity (Wildman–Crippen MR) is 101 cm³/mol. The van der Waals surface area contributed by atoms with Gasteiger partial charge in [0.05, 0.1) is 0 Å². The highest BCUT2D eigenvalue weighted by Gasteiger charge is 2.24. The number of nitrogens with zero attached hydrogens (tertiary/aromatic N) is 2. The number of amides is 1. The summed E-state index contributed by atoms with van der Waals surface area (Å²) < 4.78 is 0. The van der Waals surface area contributed by atoms with Gasteiger partial charge in [0, 0.05) is 30.7 Å². The average molecular weight is 341 g/mol. The molecule has 0 atom stereocenters. The van der Waals surface area contributed by atoms with E-state index in [2.05, 4.69) is 34.6 Å². The molecule has 1 amide bonds. The van der Waals surface area contributed by atoms with E-state index in [1.54, 1.807) is 0 Å². The van der Waals surface area contributed by atoms with Crippen LogP contribution in [0.4, 0.5) is 0 Å². The van der Waals surface area contributed by atoms with Crippen molar-refractivity contribution in [3.05, 3.63) is 11.8 Å². The number of aliphatic imine (C=N–C) groups is 1. The summed E-state index contributed by atoms with van der Waals surface area (Å²) in [7, 11) is 6.18. The number of allylic oxidation sites excluding steroid dienone is 1. The van der Waals surface area contributed by atoms with Gasteiger partial charge in [0.1, 0.15) is 0 Å². The van der Waals surface area contributed by atoms with Gasteiger partial charge < -0.3 is 15.5 Å². The lowest BCUT2D eigenvalue weighted by molar-refractivity contribution is -0.115. The first-order valence-corrected chi connectivity index (χ1v) is 9.64. The summed E-state index contributed by atoms with van der Waals surface area (Å²) in [6.07, 6.45) is 9.10. The average Bonchev–Trinajstić information content (AvgIpc) is 2.55. The Balaban J connectivity index is 2.57. The molecule has 0 aromatic heterocycles.